The molecule has 0 aromatic heterocycles. The summed E-state index contributed by atoms with van der Waals surface area (Å²) in [6.45, 7) is 6.48. The molecule has 8 nitrogen and oxygen atoms in total. The summed E-state index contributed by atoms with van der Waals surface area (Å²) in [6, 6.07) is 7.49. The van der Waals surface area contributed by atoms with Gasteiger partial charge in [0.25, 0.3) is 5.91 Å². The van der Waals surface area contributed by atoms with Crippen LogP contribution in [0.3, 0.4) is 0 Å². The smallest absolute Gasteiger partial charge is 0.255 e. The normalized spacial score (nSPS) is 26.3. The number of carbonyl (C=O) groups excluding carboxylic acids is 3. The minimum Gasteiger partial charge on any atom is -0.381 e. The van der Waals surface area contributed by atoms with E-state index in [2.05, 4.69) is 10.6 Å². The molecule has 0 aliphatic carbocycles. The van der Waals surface area contributed by atoms with E-state index in [1.165, 1.54) is 6.07 Å². The fourth-order valence-electron chi connectivity index (χ4n) is 5.58. The van der Waals surface area contributed by atoms with Crippen LogP contribution in [-0.2, 0) is 33.9 Å². The van der Waals surface area contributed by atoms with Crippen LogP contribution in [0.25, 0.3) is 0 Å². The van der Waals surface area contributed by atoms with Gasteiger partial charge in [0.05, 0.1) is 12.6 Å². The lowest BCUT2D eigenvalue weighted by molar-refractivity contribution is -0.182. The molecule has 2 N–H and O–H groups in total. The highest BCUT2D eigenvalue weighted by molar-refractivity contribution is 6.06. The number of nitrogens with one attached hydrogen (secondary N) is 2. The molecule has 0 saturated carbocycles. The first-order valence-corrected chi connectivity index (χ1v) is 12.8. The molecule has 202 valence electrons. The van der Waals surface area contributed by atoms with Crippen molar-refractivity contribution < 1.29 is 27.6 Å². The average molecular weight is 526 g/mol. The Balaban J connectivity index is 1.32. The highest BCUT2D eigenvalue weighted by atomic mass is 19.1. The summed E-state index contributed by atoms with van der Waals surface area (Å²) in [6.07, 6.45) is -0.126. The first-order chi connectivity index (χ1) is 19.0. The summed E-state index contributed by atoms with van der Waals surface area (Å²) < 4.78 is 47.7. The first-order valence-electron chi connectivity index (χ1n) is 14.3. The quantitative estimate of drug-likeness (QED) is 0.561. The lowest BCUT2D eigenvalue weighted by atomic mass is 9.98. The first kappa shape index (κ1) is 22.7. The molecule has 0 radical (unpaired) electrons. The Labute approximate surface area is 226 Å². The van der Waals surface area contributed by atoms with Gasteiger partial charge in [0, 0.05) is 64.2 Å². The molecule has 2 aromatic carbocycles. The second-order valence-electron chi connectivity index (χ2n) is 11.3. The van der Waals surface area contributed by atoms with E-state index in [0.717, 1.165) is 4.90 Å². The summed E-state index contributed by atoms with van der Waals surface area (Å²) in [7, 11) is 0. The predicted octanol–water partition coefficient (Wildman–Crippen LogP) is 3.59. The van der Waals surface area contributed by atoms with Crippen molar-refractivity contribution in [2.24, 2.45) is 0 Å². The number of nitrogens with zero attached hydrogens (tertiary/aromatic N) is 2. The Morgan fingerprint density at radius 3 is 2.58 bits per heavy atom. The summed E-state index contributed by atoms with van der Waals surface area (Å²) >= 11 is 0. The second-order valence-corrected chi connectivity index (χ2v) is 11.3. The maximum atomic E-state index is 15.3. The van der Waals surface area contributed by atoms with E-state index < -0.39 is 47.3 Å². The monoisotopic (exact) mass is 525 g/mol. The molecule has 3 aliphatic rings. The van der Waals surface area contributed by atoms with E-state index in [9.17, 15) is 14.4 Å². The van der Waals surface area contributed by atoms with Crippen molar-refractivity contribution in [1.82, 2.24) is 15.1 Å². The number of imide groups is 1. The van der Waals surface area contributed by atoms with Crippen molar-refractivity contribution in [2.45, 2.75) is 77.3 Å². The fourth-order valence-corrected chi connectivity index (χ4v) is 5.58. The Morgan fingerprint density at radius 2 is 1.89 bits per heavy atom. The molecule has 3 aliphatic heterocycles. The van der Waals surface area contributed by atoms with Gasteiger partial charge in [-0.05, 0) is 57.9 Å². The van der Waals surface area contributed by atoms with Crippen LogP contribution in [-0.4, -0.2) is 57.8 Å². The maximum absolute atomic E-state index is 15.3. The third kappa shape index (κ3) is 5.44. The molecule has 0 bridgehead atoms. The number of ether oxygens (including phenoxy) is 1. The zero-order chi connectivity index (χ0) is 30.0. The molecule has 3 heterocycles. The average Bonchev–Trinajstić information content (AvgIpc) is 3.21. The molecule has 1 unspecified atom stereocenters. The summed E-state index contributed by atoms with van der Waals surface area (Å²) in [5.74, 6) is -2.33. The number of amides is 3. The molecule has 2 fully saturated rings. The van der Waals surface area contributed by atoms with Gasteiger partial charge in [0.1, 0.15) is 11.8 Å². The number of morpholine rings is 1. The van der Waals surface area contributed by atoms with E-state index in [-0.39, 0.29) is 31.5 Å². The lowest BCUT2D eigenvalue weighted by Crippen LogP contribution is -2.56. The van der Waals surface area contributed by atoms with Gasteiger partial charge in [-0.2, -0.15) is 0 Å². The number of halogens is 1. The van der Waals surface area contributed by atoms with Gasteiger partial charge in [-0.15, -0.1) is 0 Å². The van der Waals surface area contributed by atoms with Gasteiger partial charge in [0.2, 0.25) is 11.8 Å². The number of anilines is 1. The molecule has 9 heteroatoms. The van der Waals surface area contributed by atoms with Crippen molar-refractivity contribution in [3.05, 3.63) is 64.5 Å². The molecule has 2 saturated heterocycles. The standard InChI is InChI=1S/C29H35FN4O4/c1-28(2)16-33(17-29(3,4)38-28)14-18-8-9-19(22(30)12-18)13-31-23-7-5-6-20-21(23)15-34(27(20)37)24-10-11-25(35)32-26(24)36/h5-9,12,24,31H,10-11,13-17H2,1-4H3,(H,32,35,36)/i14D2,24D. The van der Waals surface area contributed by atoms with Crippen LogP contribution < -0.4 is 10.6 Å². The largest absolute Gasteiger partial charge is 0.381 e. The van der Waals surface area contributed by atoms with Crippen LogP contribution >= 0.6 is 0 Å². The van der Waals surface area contributed by atoms with E-state index in [0.29, 0.717) is 35.5 Å². The topological polar surface area (TPSA) is 91.0 Å². The molecule has 1 atom stereocenters. The number of rotatable bonds is 6. The number of hydrogen-bond acceptors (Lipinski definition) is 6. The Bertz CT molecular complexity index is 1420. The number of hydrogen-bond donors (Lipinski definition) is 2. The zero-order valence-corrected chi connectivity index (χ0v) is 22.1. The Morgan fingerprint density at radius 1 is 1.16 bits per heavy atom. The van der Waals surface area contributed by atoms with Crippen LogP contribution in [0.4, 0.5) is 10.1 Å². The van der Waals surface area contributed by atoms with Crippen LogP contribution in [0.1, 0.15) is 71.7 Å². The van der Waals surface area contributed by atoms with Gasteiger partial charge < -0.3 is 15.0 Å². The Hall–Kier alpha value is -3.30. The van der Waals surface area contributed by atoms with Gasteiger partial charge in [-0.3, -0.25) is 24.6 Å². The zero-order valence-electron chi connectivity index (χ0n) is 25.1. The molecular weight excluding hydrogens is 487 g/mol. The van der Waals surface area contributed by atoms with E-state index in [1.54, 1.807) is 35.2 Å². The molecular formula is C29H35FN4O4. The van der Waals surface area contributed by atoms with Crippen molar-refractivity contribution in [3.63, 3.8) is 0 Å². The second kappa shape index (κ2) is 9.78. The van der Waals surface area contributed by atoms with Gasteiger partial charge in [-0.1, -0.05) is 18.2 Å². The maximum Gasteiger partial charge on any atom is 0.255 e. The molecule has 5 rings (SSSR count). The summed E-state index contributed by atoms with van der Waals surface area (Å²) in [5.41, 5.74) is 0.870. The van der Waals surface area contributed by atoms with E-state index in [1.807, 2.05) is 27.7 Å². The van der Waals surface area contributed by atoms with Crippen LogP contribution in [0, 0.1) is 5.82 Å². The highest BCUT2D eigenvalue weighted by Crippen LogP contribution is 2.33. The van der Waals surface area contributed by atoms with Crippen molar-refractivity contribution >= 4 is 23.4 Å². The number of piperidine rings is 1. The minimum absolute atomic E-state index is 0.00365. The SMILES string of the molecule is [2H]C1(N2Cc3c(NCc4ccc(C([2H])([2H])N5CC(C)(C)OC(C)(C)C5)cc4F)cccc3C2=O)CCC(=O)NC1=O. The molecule has 2 aromatic rings. The number of benzene rings is 2. The minimum atomic E-state index is -1.92. The third-order valence-electron chi connectivity index (χ3n) is 6.90. The van der Waals surface area contributed by atoms with Crippen LogP contribution in [0.15, 0.2) is 36.4 Å². The number of fused-ring (bicyclic) bond motifs is 1. The highest BCUT2D eigenvalue weighted by Gasteiger charge is 2.40. The summed E-state index contributed by atoms with van der Waals surface area (Å²) in [4.78, 5) is 40.1. The van der Waals surface area contributed by atoms with Gasteiger partial charge >= 0.3 is 0 Å². The number of carbonyl (C=O) groups is 3. The molecule has 0 spiro atoms. The van der Waals surface area contributed by atoms with Gasteiger partial charge in [0.15, 0.2) is 0 Å². The predicted molar refractivity (Wildman–Crippen MR) is 141 cm³/mol. The van der Waals surface area contributed by atoms with Crippen molar-refractivity contribution in [1.29, 1.82) is 0 Å². The van der Waals surface area contributed by atoms with Crippen LogP contribution in [0.2, 0.25) is 0 Å². The van der Waals surface area contributed by atoms with Crippen molar-refractivity contribution in [3.8, 4) is 0 Å². The Kier molecular flexibility index (Phi) is 5.83. The van der Waals surface area contributed by atoms with E-state index >= 15 is 4.39 Å². The fraction of sp³-hybridized carbons (Fsp3) is 0.483. The molecule has 3 amide bonds. The third-order valence-corrected chi connectivity index (χ3v) is 6.90. The van der Waals surface area contributed by atoms with Gasteiger partial charge in [-0.25, -0.2) is 4.39 Å². The molecule has 38 heavy (non-hydrogen) atoms. The lowest BCUT2D eigenvalue weighted by Gasteiger charge is -2.47. The van der Waals surface area contributed by atoms with Crippen molar-refractivity contribution in [2.75, 3.05) is 18.4 Å². The summed E-state index contributed by atoms with van der Waals surface area (Å²) in [5, 5.41) is 5.32. The van der Waals surface area contributed by atoms with Crippen LogP contribution in [0.5, 0.6) is 0 Å². The van der Waals surface area contributed by atoms with E-state index in [4.69, 9.17) is 8.85 Å².